The van der Waals surface area contributed by atoms with Crippen LogP contribution >= 0.6 is 0 Å². The fourth-order valence-corrected chi connectivity index (χ4v) is 3.33. The molecule has 0 radical (unpaired) electrons. The number of carboxylic acids is 1. The van der Waals surface area contributed by atoms with Gasteiger partial charge in [0.2, 0.25) is 0 Å². The van der Waals surface area contributed by atoms with E-state index in [9.17, 15) is 14.4 Å². The molecular formula is C21H22N2O4. The van der Waals surface area contributed by atoms with Gasteiger partial charge >= 0.3 is 5.97 Å². The molecular weight excluding hydrogens is 344 g/mol. The van der Waals surface area contributed by atoms with E-state index in [4.69, 9.17) is 5.11 Å². The molecule has 2 N–H and O–H groups in total. The van der Waals surface area contributed by atoms with Crippen molar-refractivity contribution in [2.45, 2.75) is 25.3 Å². The quantitative estimate of drug-likeness (QED) is 0.852. The van der Waals surface area contributed by atoms with E-state index < -0.39 is 5.97 Å². The van der Waals surface area contributed by atoms with E-state index in [-0.39, 0.29) is 23.4 Å². The first-order valence-corrected chi connectivity index (χ1v) is 9.04. The Labute approximate surface area is 157 Å². The van der Waals surface area contributed by atoms with Crippen LogP contribution in [0.25, 0.3) is 0 Å². The van der Waals surface area contributed by atoms with Crippen molar-refractivity contribution in [2.24, 2.45) is 0 Å². The van der Waals surface area contributed by atoms with Gasteiger partial charge in [-0.1, -0.05) is 24.3 Å². The molecule has 0 aromatic heterocycles. The summed E-state index contributed by atoms with van der Waals surface area (Å²) in [5, 5.41) is 12.0. The van der Waals surface area contributed by atoms with Crippen molar-refractivity contribution in [3.63, 3.8) is 0 Å². The minimum Gasteiger partial charge on any atom is -0.478 e. The monoisotopic (exact) mass is 366 g/mol. The third kappa shape index (κ3) is 4.53. The van der Waals surface area contributed by atoms with Gasteiger partial charge in [-0.25, -0.2) is 4.79 Å². The number of amides is 2. The lowest BCUT2D eigenvalue weighted by Crippen LogP contribution is -2.49. The van der Waals surface area contributed by atoms with Crippen LogP contribution in [-0.4, -0.2) is 46.9 Å². The van der Waals surface area contributed by atoms with Crippen LogP contribution in [0.3, 0.4) is 0 Å². The minimum atomic E-state index is -1.06. The van der Waals surface area contributed by atoms with Crippen molar-refractivity contribution in [1.82, 2.24) is 10.2 Å². The van der Waals surface area contributed by atoms with E-state index in [1.807, 2.05) is 6.07 Å². The summed E-state index contributed by atoms with van der Waals surface area (Å²) in [5.74, 6) is -1.42. The molecule has 0 bridgehead atoms. The maximum atomic E-state index is 12.9. The first-order valence-electron chi connectivity index (χ1n) is 9.04. The summed E-state index contributed by atoms with van der Waals surface area (Å²) in [6, 6.07) is 14.9. The number of hydrogen-bond donors (Lipinski definition) is 2. The molecule has 27 heavy (non-hydrogen) atoms. The highest BCUT2D eigenvalue weighted by molar-refractivity contribution is 5.98. The average Bonchev–Trinajstić information content (AvgIpc) is 2.72. The number of piperidine rings is 1. The lowest BCUT2D eigenvalue weighted by molar-refractivity contribution is 0.0602. The Morgan fingerprint density at radius 2 is 1.67 bits per heavy atom. The molecule has 1 fully saturated rings. The summed E-state index contributed by atoms with van der Waals surface area (Å²) in [7, 11) is 0. The second-order valence-corrected chi connectivity index (χ2v) is 6.61. The lowest BCUT2D eigenvalue weighted by atomic mass is 10.00. The second-order valence-electron chi connectivity index (χ2n) is 6.61. The number of likely N-dealkylation sites (tertiary alicyclic amines) is 1. The average molecular weight is 366 g/mol. The molecule has 3 rings (SSSR count). The molecule has 1 atom stereocenters. The van der Waals surface area contributed by atoms with E-state index in [1.165, 1.54) is 12.1 Å². The number of nitrogens with zero attached hydrogens (tertiary/aromatic N) is 1. The summed E-state index contributed by atoms with van der Waals surface area (Å²) in [4.78, 5) is 38.1. The Morgan fingerprint density at radius 1 is 0.963 bits per heavy atom. The van der Waals surface area contributed by atoms with Crippen LogP contribution in [0.2, 0.25) is 0 Å². The molecule has 1 aliphatic rings. The number of aromatic carboxylic acids is 1. The van der Waals surface area contributed by atoms with Crippen LogP contribution in [-0.2, 0) is 0 Å². The zero-order chi connectivity index (χ0) is 19.2. The van der Waals surface area contributed by atoms with E-state index in [0.717, 1.165) is 19.3 Å². The molecule has 1 unspecified atom stereocenters. The molecule has 2 aromatic carbocycles. The maximum absolute atomic E-state index is 12.9. The molecule has 0 spiro atoms. The molecule has 2 amide bonds. The predicted molar refractivity (Wildman–Crippen MR) is 101 cm³/mol. The normalized spacial score (nSPS) is 16.6. The van der Waals surface area contributed by atoms with Crippen molar-refractivity contribution < 1.29 is 19.5 Å². The number of carboxylic acid groups (broad SMARTS) is 1. The van der Waals surface area contributed by atoms with E-state index >= 15 is 0 Å². The minimum absolute atomic E-state index is 0.0896. The Kier molecular flexibility index (Phi) is 5.86. The molecule has 1 aliphatic heterocycles. The smallest absolute Gasteiger partial charge is 0.335 e. The van der Waals surface area contributed by atoms with Crippen molar-refractivity contribution in [1.29, 1.82) is 0 Å². The van der Waals surface area contributed by atoms with Gasteiger partial charge in [0.15, 0.2) is 0 Å². The summed E-state index contributed by atoms with van der Waals surface area (Å²) < 4.78 is 0. The van der Waals surface area contributed by atoms with Gasteiger partial charge in [-0.05, 0) is 49.6 Å². The maximum Gasteiger partial charge on any atom is 0.335 e. The number of benzene rings is 2. The van der Waals surface area contributed by atoms with Gasteiger partial charge in [0.1, 0.15) is 0 Å². The van der Waals surface area contributed by atoms with Gasteiger partial charge in [-0.2, -0.15) is 0 Å². The van der Waals surface area contributed by atoms with Gasteiger partial charge in [-0.15, -0.1) is 0 Å². The van der Waals surface area contributed by atoms with Gasteiger partial charge in [0.25, 0.3) is 11.8 Å². The number of rotatable bonds is 5. The molecule has 0 aliphatic carbocycles. The van der Waals surface area contributed by atoms with Gasteiger partial charge in [0, 0.05) is 30.3 Å². The number of carbonyl (C=O) groups excluding carboxylic acids is 2. The van der Waals surface area contributed by atoms with Crippen LogP contribution in [0.5, 0.6) is 0 Å². The highest BCUT2D eigenvalue weighted by atomic mass is 16.4. The standard InChI is InChI=1S/C21H22N2O4/c24-19(15-7-2-1-3-8-15)22-14-18-11-4-5-12-23(18)20(25)16-9-6-10-17(13-16)21(26)27/h1-3,6-10,13,18H,4-5,11-12,14H2,(H,22,24)(H,26,27). The van der Waals surface area contributed by atoms with E-state index in [1.54, 1.807) is 41.3 Å². The van der Waals surface area contributed by atoms with Crippen molar-refractivity contribution >= 4 is 17.8 Å². The molecule has 0 saturated carbocycles. The first kappa shape index (κ1) is 18.6. The molecule has 6 nitrogen and oxygen atoms in total. The summed E-state index contributed by atoms with van der Waals surface area (Å²) in [6.07, 6.45) is 2.69. The summed E-state index contributed by atoms with van der Waals surface area (Å²) >= 11 is 0. The van der Waals surface area contributed by atoms with Crippen LogP contribution in [0.15, 0.2) is 54.6 Å². The fraction of sp³-hybridized carbons (Fsp3) is 0.286. The van der Waals surface area contributed by atoms with Crippen molar-refractivity contribution in [3.8, 4) is 0 Å². The summed E-state index contributed by atoms with van der Waals surface area (Å²) in [5.41, 5.74) is 1.03. The van der Waals surface area contributed by atoms with Crippen LogP contribution < -0.4 is 5.32 Å². The highest BCUT2D eigenvalue weighted by Crippen LogP contribution is 2.20. The van der Waals surface area contributed by atoms with Gasteiger partial charge < -0.3 is 15.3 Å². The zero-order valence-corrected chi connectivity index (χ0v) is 14.9. The van der Waals surface area contributed by atoms with Crippen molar-refractivity contribution in [3.05, 3.63) is 71.3 Å². The lowest BCUT2D eigenvalue weighted by Gasteiger charge is -2.36. The van der Waals surface area contributed by atoms with Gasteiger partial charge in [0.05, 0.1) is 5.56 Å². The summed E-state index contributed by atoms with van der Waals surface area (Å²) in [6.45, 7) is 0.972. The van der Waals surface area contributed by atoms with Crippen LogP contribution in [0.1, 0.15) is 50.3 Å². The SMILES string of the molecule is O=C(O)c1cccc(C(=O)N2CCCCC2CNC(=O)c2ccccc2)c1. The van der Waals surface area contributed by atoms with Crippen LogP contribution in [0, 0.1) is 0 Å². The largest absolute Gasteiger partial charge is 0.478 e. The Hall–Kier alpha value is -3.15. The third-order valence-electron chi connectivity index (χ3n) is 4.78. The highest BCUT2D eigenvalue weighted by Gasteiger charge is 2.28. The van der Waals surface area contributed by atoms with E-state index in [2.05, 4.69) is 5.32 Å². The van der Waals surface area contributed by atoms with E-state index in [0.29, 0.717) is 24.2 Å². The van der Waals surface area contributed by atoms with Crippen LogP contribution in [0.4, 0.5) is 0 Å². The predicted octanol–water partition coefficient (Wildman–Crippen LogP) is 2.81. The molecule has 140 valence electrons. The Bertz CT molecular complexity index is 835. The Balaban J connectivity index is 1.69. The van der Waals surface area contributed by atoms with Gasteiger partial charge in [-0.3, -0.25) is 9.59 Å². The Morgan fingerprint density at radius 3 is 2.41 bits per heavy atom. The second kappa shape index (κ2) is 8.49. The third-order valence-corrected chi connectivity index (χ3v) is 4.78. The number of hydrogen-bond acceptors (Lipinski definition) is 3. The topological polar surface area (TPSA) is 86.7 Å². The molecule has 2 aromatic rings. The first-order chi connectivity index (χ1) is 13.1. The number of nitrogens with one attached hydrogen (secondary N) is 1. The van der Waals surface area contributed by atoms with Crippen molar-refractivity contribution in [2.75, 3.05) is 13.1 Å². The zero-order valence-electron chi connectivity index (χ0n) is 14.9. The molecule has 6 heteroatoms. The fourth-order valence-electron chi connectivity index (χ4n) is 3.33. The molecule has 1 saturated heterocycles. The number of carbonyl (C=O) groups is 3. The molecule has 1 heterocycles.